The molecule has 0 radical (unpaired) electrons. The van der Waals surface area contributed by atoms with Crippen molar-refractivity contribution in [3.63, 3.8) is 0 Å². The van der Waals surface area contributed by atoms with E-state index in [1.54, 1.807) is 50.8 Å². The number of thioether (sulfide) groups is 1. The lowest BCUT2D eigenvalue weighted by atomic mass is 10.2. The summed E-state index contributed by atoms with van der Waals surface area (Å²) in [7, 11) is 1.62. The van der Waals surface area contributed by atoms with Gasteiger partial charge in [-0.05, 0) is 43.3 Å². The van der Waals surface area contributed by atoms with E-state index in [2.05, 4.69) is 25.5 Å². The van der Waals surface area contributed by atoms with Crippen LogP contribution < -0.4 is 10.1 Å². The summed E-state index contributed by atoms with van der Waals surface area (Å²) in [6.45, 7) is 1.77. The minimum absolute atomic E-state index is 0.222. The Bertz CT molecular complexity index is 1430. The first-order chi connectivity index (χ1) is 17.1. The maximum absolute atomic E-state index is 12.8. The summed E-state index contributed by atoms with van der Waals surface area (Å²) in [6, 6.07) is 14.7. The topological polar surface area (TPSA) is 116 Å². The first-order valence-electron chi connectivity index (χ1n) is 10.5. The first-order valence-corrected chi connectivity index (χ1v) is 12.3. The van der Waals surface area contributed by atoms with Gasteiger partial charge in [0.05, 0.1) is 30.6 Å². The molecule has 5 rings (SSSR count). The molecule has 0 fully saturated rings. The fourth-order valence-corrected chi connectivity index (χ4v) is 4.63. The number of benzene rings is 1. The maximum atomic E-state index is 12.8. The third-order valence-electron chi connectivity index (χ3n) is 4.93. The Hall–Kier alpha value is -3.96. The van der Waals surface area contributed by atoms with Crippen molar-refractivity contribution in [3.8, 4) is 39.9 Å². The smallest absolute Gasteiger partial charge is 0.239 e. The molecule has 0 aliphatic heterocycles. The number of thiazole rings is 1. The van der Waals surface area contributed by atoms with Crippen LogP contribution >= 0.6 is 23.1 Å². The molecule has 0 bridgehead atoms. The Morgan fingerprint density at radius 2 is 1.80 bits per heavy atom. The fraction of sp³-hybridized carbons (Fsp3) is 0.125. The van der Waals surface area contributed by atoms with Crippen molar-refractivity contribution in [1.29, 1.82) is 0 Å². The number of nitrogens with zero attached hydrogens (tertiary/aromatic N) is 4. The van der Waals surface area contributed by atoms with E-state index in [0.29, 0.717) is 33.2 Å². The molecule has 1 aromatic carbocycles. The molecule has 11 heteroatoms. The number of carbonyl (C=O) groups excluding carboxylic acids is 1. The van der Waals surface area contributed by atoms with Gasteiger partial charge in [-0.15, -0.1) is 21.5 Å². The van der Waals surface area contributed by atoms with Gasteiger partial charge in [0.1, 0.15) is 11.4 Å². The van der Waals surface area contributed by atoms with Gasteiger partial charge in [-0.3, -0.25) is 4.79 Å². The number of aromatic nitrogens is 4. The average molecular weight is 506 g/mol. The van der Waals surface area contributed by atoms with Gasteiger partial charge < -0.3 is 18.9 Å². The number of nitrogens with one attached hydrogen (secondary N) is 1. The minimum atomic E-state index is -0.500. The molecule has 0 saturated heterocycles. The Morgan fingerprint density at radius 1 is 1.03 bits per heavy atom. The van der Waals surface area contributed by atoms with Crippen LogP contribution in [0.1, 0.15) is 6.92 Å². The van der Waals surface area contributed by atoms with Gasteiger partial charge in [0, 0.05) is 10.9 Å². The average Bonchev–Trinajstić information content (AvgIpc) is 3.67. The molecule has 1 amide bonds. The second-order valence-electron chi connectivity index (χ2n) is 7.27. The zero-order valence-electron chi connectivity index (χ0n) is 18.7. The van der Waals surface area contributed by atoms with Crippen LogP contribution in [0.15, 0.2) is 80.4 Å². The van der Waals surface area contributed by atoms with Gasteiger partial charge in [0.25, 0.3) is 0 Å². The molecule has 1 N–H and O–H groups in total. The van der Waals surface area contributed by atoms with Crippen molar-refractivity contribution in [2.24, 2.45) is 0 Å². The van der Waals surface area contributed by atoms with Gasteiger partial charge in [0.2, 0.25) is 11.1 Å². The van der Waals surface area contributed by atoms with Gasteiger partial charge in [0.15, 0.2) is 22.3 Å². The highest BCUT2D eigenvalue weighted by Gasteiger charge is 2.22. The number of amides is 1. The van der Waals surface area contributed by atoms with Crippen molar-refractivity contribution < 1.29 is 18.4 Å². The van der Waals surface area contributed by atoms with Gasteiger partial charge >= 0.3 is 0 Å². The lowest BCUT2D eigenvalue weighted by Crippen LogP contribution is -2.22. The highest BCUT2D eigenvalue weighted by atomic mass is 32.2. The highest BCUT2D eigenvalue weighted by molar-refractivity contribution is 8.00. The number of hydrogen-bond donors (Lipinski definition) is 1. The largest absolute Gasteiger partial charge is 0.497 e. The van der Waals surface area contributed by atoms with Gasteiger partial charge in [-0.25, -0.2) is 9.97 Å². The summed E-state index contributed by atoms with van der Waals surface area (Å²) in [5.41, 5.74) is 2.61. The lowest BCUT2D eigenvalue weighted by Gasteiger charge is -2.10. The molecule has 0 saturated carbocycles. The van der Waals surface area contributed by atoms with E-state index in [1.165, 1.54) is 23.1 Å². The van der Waals surface area contributed by atoms with Crippen molar-refractivity contribution >= 4 is 34.1 Å². The van der Waals surface area contributed by atoms with Crippen molar-refractivity contribution in [3.05, 3.63) is 66.4 Å². The predicted molar refractivity (Wildman–Crippen MR) is 133 cm³/mol. The van der Waals surface area contributed by atoms with E-state index >= 15 is 0 Å². The maximum Gasteiger partial charge on any atom is 0.239 e. The number of anilines is 1. The van der Waals surface area contributed by atoms with Crippen LogP contribution in [0.3, 0.4) is 0 Å². The van der Waals surface area contributed by atoms with Gasteiger partial charge in [-0.2, -0.15) is 0 Å². The molecule has 5 aromatic rings. The van der Waals surface area contributed by atoms with Crippen LogP contribution in [-0.4, -0.2) is 38.4 Å². The van der Waals surface area contributed by atoms with Crippen LogP contribution in [0.25, 0.3) is 34.2 Å². The number of rotatable bonds is 8. The van der Waals surface area contributed by atoms with E-state index in [1.807, 2.05) is 29.6 Å². The SMILES string of the molecule is COc1cccc(-c2csc(NC(=O)C(C)Sc3nnc(-c4ccco4)c(-c4ccco4)n3)n2)c1. The Morgan fingerprint density at radius 3 is 2.51 bits per heavy atom. The molecule has 0 aliphatic rings. The fourth-order valence-electron chi connectivity index (χ4n) is 3.19. The molecule has 4 heterocycles. The quantitative estimate of drug-likeness (QED) is 0.267. The number of carbonyl (C=O) groups is 1. The molecule has 176 valence electrons. The summed E-state index contributed by atoms with van der Waals surface area (Å²) >= 11 is 2.54. The normalized spacial score (nSPS) is 11.8. The first kappa shape index (κ1) is 22.8. The van der Waals surface area contributed by atoms with Crippen molar-refractivity contribution in [2.45, 2.75) is 17.3 Å². The Labute approximate surface area is 208 Å². The number of ether oxygens (including phenoxy) is 1. The molecule has 35 heavy (non-hydrogen) atoms. The number of hydrogen-bond acceptors (Lipinski definition) is 10. The molecule has 1 unspecified atom stereocenters. The molecular weight excluding hydrogens is 486 g/mol. The monoisotopic (exact) mass is 505 g/mol. The standard InChI is InChI=1S/C24H19N5O4S2/c1-14(22(30)27-23-25-17(13-34-23)15-6-3-7-16(12-15)31-2)35-24-26-20(18-8-4-10-32-18)21(28-29-24)19-9-5-11-33-19/h3-14H,1-2H3,(H,25,27,30). The third kappa shape index (κ3) is 5.10. The van der Waals surface area contributed by atoms with Crippen LogP contribution in [0, 0.1) is 0 Å². The van der Waals surface area contributed by atoms with Crippen LogP contribution in [0.4, 0.5) is 5.13 Å². The lowest BCUT2D eigenvalue weighted by molar-refractivity contribution is -0.115. The molecule has 4 aromatic heterocycles. The summed E-state index contributed by atoms with van der Waals surface area (Å²) in [6.07, 6.45) is 3.11. The molecular formula is C24H19N5O4S2. The summed E-state index contributed by atoms with van der Waals surface area (Å²) in [5.74, 6) is 1.57. The Balaban J connectivity index is 1.30. The zero-order valence-corrected chi connectivity index (χ0v) is 20.3. The van der Waals surface area contributed by atoms with Crippen LogP contribution in [-0.2, 0) is 4.79 Å². The summed E-state index contributed by atoms with van der Waals surface area (Å²) in [5, 5.41) is 13.6. The summed E-state index contributed by atoms with van der Waals surface area (Å²) in [4.78, 5) is 22.0. The van der Waals surface area contributed by atoms with E-state index in [4.69, 9.17) is 13.6 Å². The van der Waals surface area contributed by atoms with E-state index in [0.717, 1.165) is 17.0 Å². The molecule has 1 atom stereocenters. The Kier molecular flexibility index (Phi) is 6.59. The van der Waals surface area contributed by atoms with Crippen LogP contribution in [0.5, 0.6) is 5.75 Å². The van der Waals surface area contributed by atoms with E-state index in [9.17, 15) is 4.79 Å². The highest BCUT2D eigenvalue weighted by Crippen LogP contribution is 2.32. The number of methoxy groups -OCH3 is 1. The molecule has 0 spiro atoms. The second kappa shape index (κ2) is 10.1. The number of furan rings is 2. The van der Waals surface area contributed by atoms with Crippen molar-refractivity contribution in [1.82, 2.24) is 20.2 Å². The summed E-state index contributed by atoms with van der Waals surface area (Å²) < 4.78 is 16.3. The third-order valence-corrected chi connectivity index (χ3v) is 6.64. The van der Waals surface area contributed by atoms with E-state index in [-0.39, 0.29) is 5.91 Å². The van der Waals surface area contributed by atoms with Crippen LogP contribution in [0.2, 0.25) is 0 Å². The van der Waals surface area contributed by atoms with Crippen molar-refractivity contribution in [2.75, 3.05) is 12.4 Å². The minimum Gasteiger partial charge on any atom is -0.497 e. The van der Waals surface area contributed by atoms with Gasteiger partial charge in [-0.1, -0.05) is 23.9 Å². The predicted octanol–water partition coefficient (Wildman–Crippen LogP) is 5.64. The second-order valence-corrected chi connectivity index (χ2v) is 9.43. The molecule has 0 aliphatic carbocycles. The van der Waals surface area contributed by atoms with E-state index < -0.39 is 5.25 Å². The zero-order chi connectivity index (χ0) is 24.2. The molecule has 9 nitrogen and oxygen atoms in total.